The van der Waals surface area contributed by atoms with Gasteiger partial charge in [-0.1, -0.05) is 49.6 Å². The second kappa shape index (κ2) is 8.11. The molecule has 0 spiro atoms. The maximum absolute atomic E-state index is 12.3. The number of hydrogen-bond donors (Lipinski definition) is 2. The molecule has 0 atom stereocenters. The molecule has 0 bridgehead atoms. The molecular weight excluding hydrogens is 364 g/mol. The third-order valence-corrected chi connectivity index (χ3v) is 5.99. The van der Waals surface area contributed by atoms with Gasteiger partial charge in [0, 0.05) is 18.0 Å². The number of nitrogens with one attached hydrogen (secondary N) is 1. The van der Waals surface area contributed by atoms with Crippen molar-refractivity contribution in [3.8, 4) is 11.3 Å². The summed E-state index contributed by atoms with van der Waals surface area (Å²) in [6, 6.07) is 15.4. The Morgan fingerprint density at radius 3 is 2.45 bits per heavy atom. The van der Waals surface area contributed by atoms with Crippen LogP contribution in [0.15, 0.2) is 48.5 Å². The van der Waals surface area contributed by atoms with Crippen LogP contribution in [-0.4, -0.2) is 28.6 Å². The summed E-state index contributed by atoms with van der Waals surface area (Å²) >= 11 is 0. The number of hydrogen-bond acceptors (Lipinski definition) is 2. The van der Waals surface area contributed by atoms with Gasteiger partial charge in [-0.05, 0) is 48.1 Å². The van der Waals surface area contributed by atoms with E-state index < -0.39 is 5.97 Å². The van der Waals surface area contributed by atoms with Crippen molar-refractivity contribution in [2.45, 2.75) is 44.6 Å². The molecule has 0 aliphatic heterocycles. The van der Waals surface area contributed by atoms with Crippen LogP contribution in [-0.2, 0) is 11.3 Å². The van der Waals surface area contributed by atoms with Crippen LogP contribution < -0.4 is 5.32 Å². The summed E-state index contributed by atoms with van der Waals surface area (Å²) in [4.78, 5) is 24.0. The molecule has 0 unspecified atom stereocenters. The number of rotatable bonds is 5. The van der Waals surface area contributed by atoms with Gasteiger partial charge >= 0.3 is 5.97 Å². The van der Waals surface area contributed by atoms with Crippen LogP contribution in [0, 0.1) is 0 Å². The molecule has 4 rings (SSSR count). The van der Waals surface area contributed by atoms with Crippen molar-refractivity contribution in [3.05, 3.63) is 59.7 Å². The summed E-state index contributed by atoms with van der Waals surface area (Å²) in [5, 5.41) is 13.2. The zero-order valence-electron chi connectivity index (χ0n) is 16.6. The Morgan fingerprint density at radius 2 is 1.79 bits per heavy atom. The molecule has 5 nitrogen and oxygen atoms in total. The van der Waals surface area contributed by atoms with Crippen LogP contribution in [0.1, 0.15) is 53.9 Å². The molecule has 1 fully saturated rings. The smallest absolute Gasteiger partial charge is 0.335 e. The summed E-state index contributed by atoms with van der Waals surface area (Å²) in [5.41, 5.74) is 4.49. The van der Waals surface area contributed by atoms with Crippen LogP contribution in [0.25, 0.3) is 22.2 Å². The largest absolute Gasteiger partial charge is 0.478 e. The number of benzene rings is 2. The van der Waals surface area contributed by atoms with Gasteiger partial charge in [-0.2, -0.15) is 0 Å². The van der Waals surface area contributed by atoms with E-state index in [2.05, 4.69) is 22.0 Å². The quantitative estimate of drug-likeness (QED) is 0.657. The molecule has 5 heteroatoms. The molecular formula is C24H26N2O3. The highest BCUT2D eigenvalue weighted by Gasteiger charge is 2.27. The van der Waals surface area contributed by atoms with Crippen molar-refractivity contribution >= 4 is 22.8 Å². The van der Waals surface area contributed by atoms with E-state index in [0.717, 1.165) is 35.0 Å². The molecule has 2 aromatic carbocycles. The normalized spacial score (nSPS) is 14.8. The minimum absolute atomic E-state index is 0.0726. The van der Waals surface area contributed by atoms with E-state index in [0.29, 0.717) is 5.92 Å². The standard InChI is InChI=1S/C24H26N2O3/c1-25-21(27)15-26-20-13-12-18(24(28)29)14-19(20)22(16-8-4-2-5-9-16)23(26)17-10-6-3-7-11-17/h3,6-7,10-14,16H,2,4-5,8-9,15H2,1H3,(H,25,27)(H,28,29). The fraction of sp³-hybridized carbons (Fsp3) is 0.333. The number of likely N-dealkylation sites (N-methyl/N-ethyl adjacent to an activating group) is 1. The molecule has 2 N–H and O–H groups in total. The molecule has 1 amide bonds. The van der Waals surface area contributed by atoms with Gasteiger partial charge in [0.15, 0.2) is 0 Å². The van der Waals surface area contributed by atoms with Gasteiger partial charge in [-0.25, -0.2) is 4.79 Å². The van der Waals surface area contributed by atoms with Gasteiger partial charge in [0.05, 0.1) is 11.3 Å². The highest BCUT2D eigenvalue weighted by Crippen LogP contribution is 2.44. The molecule has 1 heterocycles. The lowest BCUT2D eigenvalue weighted by Gasteiger charge is -2.23. The van der Waals surface area contributed by atoms with Crippen molar-refractivity contribution in [3.63, 3.8) is 0 Å². The van der Waals surface area contributed by atoms with E-state index in [-0.39, 0.29) is 18.0 Å². The van der Waals surface area contributed by atoms with Gasteiger partial charge in [-0.15, -0.1) is 0 Å². The Hall–Kier alpha value is -3.08. The van der Waals surface area contributed by atoms with Gasteiger partial charge in [0.25, 0.3) is 0 Å². The van der Waals surface area contributed by atoms with Crippen molar-refractivity contribution in [2.24, 2.45) is 0 Å². The number of aromatic nitrogens is 1. The lowest BCUT2D eigenvalue weighted by molar-refractivity contribution is -0.121. The first kappa shape index (κ1) is 19.2. The van der Waals surface area contributed by atoms with E-state index in [1.807, 2.05) is 24.3 Å². The summed E-state index contributed by atoms with van der Waals surface area (Å²) in [7, 11) is 1.64. The monoisotopic (exact) mass is 390 g/mol. The molecule has 29 heavy (non-hydrogen) atoms. The lowest BCUT2D eigenvalue weighted by Crippen LogP contribution is -2.24. The molecule has 150 valence electrons. The number of fused-ring (bicyclic) bond motifs is 1. The zero-order valence-corrected chi connectivity index (χ0v) is 16.6. The first-order valence-corrected chi connectivity index (χ1v) is 10.3. The fourth-order valence-corrected chi connectivity index (χ4v) is 4.61. The number of nitrogens with zero attached hydrogens (tertiary/aromatic N) is 1. The second-order valence-corrected chi connectivity index (χ2v) is 7.76. The first-order valence-electron chi connectivity index (χ1n) is 10.3. The Balaban J connectivity index is 2.04. The maximum atomic E-state index is 12.3. The topological polar surface area (TPSA) is 71.3 Å². The van der Waals surface area contributed by atoms with E-state index in [4.69, 9.17) is 0 Å². The van der Waals surface area contributed by atoms with Crippen LogP contribution in [0.4, 0.5) is 0 Å². The van der Waals surface area contributed by atoms with Crippen LogP contribution in [0.3, 0.4) is 0 Å². The number of carboxylic acid groups (broad SMARTS) is 1. The summed E-state index contributed by atoms with van der Waals surface area (Å²) in [5.74, 6) is -0.630. The molecule has 3 aromatic rings. The van der Waals surface area contributed by atoms with E-state index in [1.165, 1.54) is 24.8 Å². The average molecular weight is 390 g/mol. The maximum Gasteiger partial charge on any atom is 0.335 e. The summed E-state index contributed by atoms with van der Waals surface area (Å²) < 4.78 is 2.05. The fourth-order valence-electron chi connectivity index (χ4n) is 4.61. The van der Waals surface area contributed by atoms with Crippen molar-refractivity contribution < 1.29 is 14.7 Å². The van der Waals surface area contributed by atoms with Crippen LogP contribution >= 0.6 is 0 Å². The Morgan fingerprint density at radius 1 is 1.07 bits per heavy atom. The van der Waals surface area contributed by atoms with Gasteiger partial charge in [-0.3, -0.25) is 4.79 Å². The van der Waals surface area contributed by atoms with Crippen LogP contribution in [0.2, 0.25) is 0 Å². The van der Waals surface area contributed by atoms with Crippen LogP contribution in [0.5, 0.6) is 0 Å². The SMILES string of the molecule is CNC(=O)Cn1c(-c2ccccc2)c(C2CCCCC2)c2cc(C(=O)O)ccc21. The number of carboxylic acids is 1. The van der Waals surface area contributed by atoms with Gasteiger partial charge in [0.2, 0.25) is 5.91 Å². The Labute approximate surface area is 170 Å². The van der Waals surface area contributed by atoms with E-state index in [1.54, 1.807) is 19.2 Å². The minimum Gasteiger partial charge on any atom is -0.478 e. The Bertz CT molecular complexity index is 1050. The number of carbonyl (C=O) groups excluding carboxylic acids is 1. The molecule has 0 radical (unpaired) electrons. The predicted molar refractivity (Wildman–Crippen MR) is 114 cm³/mol. The summed E-state index contributed by atoms with van der Waals surface area (Å²) in [6.07, 6.45) is 5.79. The third kappa shape index (κ3) is 3.65. The molecule has 1 saturated carbocycles. The average Bonchev–Trinajstić information content (AvgIpc) is 3.08. The molecule has 0 saturated heterocycles. The van der Waals surface area contributed by atoms with Crippen molar-refractivity contribution in [1.82, 2.24) is 9.88 Å². The molecule has 1 aromatic heterocycles. The molecule has 1 aliphatic carbocycles. The predicted octanol–water partition coefficient (Wildman–Crippen LogP) is 4.80. The second-order valence-electron chi connectivity index (χ2n) is 7.76. The van der Waals surface area contributed by atoms with E-state index >= 15 is 0 Å². The highest BCUT2D eigenvalue weighted by molar-refractivity contribution is 5.99. The first-order chi connectivity index (χ1) is 14.1. The van der Waals surface area contributed by atoms with Gasteiger partial charge in [0.1, 0.15) is 6.54 Å². The summed E-state index contributed by atoms with van der Waals surface area (Å²) in [6.45, 7) is 0.205. The van der Waals surface area contributed by atoms with Gasteiger partial charge < -0.3 is 15.0 Å². The Kier molecular flexibility index (Phi) is 5.38. The number of carbonyl (C=O) groups is 2. The van der Waals surface area contributed by atoms with E-state index in [9.17, 15) is 14.7 Å². The minimum atomic E-state index is -0.929. The zero-order chi connectivity index (χ0) is 20.4. The molecule has 1 aliphatic rings. The number of aromatic carboxylic acids is 1. The number of amides is 1. The third-order valence-electron chi connectivity index (χ3n) is 5.99. The van der Waals surface area contributed by atoms with Crippen molar-refractivity contribution in [1.29, 1.82) is 0 Å². The lowest BCUT2D eigenvalue weighted by atomic mass is 9.81. The highest BCUT2D eigenvalue weighted by atomic mass is 16.4. The van der Waals surface area contributed by atoms with Crippen molar-refractivity contribution in [2.75, 3.05) is 7.05 Å².